The summed E-state index contributed by atoms with van der Waals surface area (Å²) in [7, 11) is 0. The third-order valence-electron chi connectivity index (χ3n) is 3.78. The number of halogens is 1. The number of benzene rings is 2. The molecule has 0 fully saturated rings. The highest BCUT2D eigenvalue weighted by Crippen LogP contribution is 2.39. The molecular formula is C18H14ClN3O3. The fourth-order valence-corrected chi connectivity index (χ4v) is 2.90. The molecule has 1 N–H and O–H groups in total. The molecule has 0 unspecified atom stereocenters. The van der Waals surface area contributed by atoms with Gasteiger partial charge < -0.3 is 14.8 Å². The number of carbonyl (C=O) groups excluding carboxylic acids is 1. The van der Waals surface area contributed by atoms with Crippen molar-refractivity contribution in [1.29, 1.82) is 0 Å². The van der Waals surface area contributed by atoms with E-state index in [1.165, 1.54) is 0 Å². The summed E-state index contributed by atoms with van der Waals surface area (Å²) >= 11 is 6.13. The molecule has 4 rings (SSSR count). The van der Waals surface area contributed by atoms with Crippen molar-refractivity contribution in [3.05, 3.63) is 71.0 Å². The van der Waals surface area contributed by atoms with Crippen molar-refractivity contribution in [2.75, 3.05) is 12.1 Å². The number of anilines is 1. The standard InChI is InChI=1S/C18H14ClN3O3/c19-15-8-13(9-16-17(15)25-11-24-16)18(23)21-14-4-1-3-12(7-14)10-22-6-2-5-20-22/h1-9H,10-11H2,(H,21,23). The van der Waals surface area contributed by atoms with Crippen molar-refractivity contribution in [3.63, 3.8) is 0 Å². The van der Waals surface area contributed by atoms with Gasteiger partial charge in [0.2, 0.25) is 6.79 Å². The number of carbonyl (C=O) groups is 1. The van der Waals surface area contributed by atoms with E-state index in [1.54, 1.807) is 18.3 Å². The fraction of sp³-hybridized carbons (Fsp3) is 0.111. The Morgan fingerprint density at radius 2 is 2.16 bits per heavy atom. The Bertz CT molecular complexity index is 925. The highest BCUT2D eigenvalue weighted by atomic mass is 35.5. The Labute approximate surface area is 148 Å². The molecular weight excluding hydrogens is 342 g/mol. The Balaban J connectivity index is 1.52. The van der Waals surface area contributed by atoms with Crippen LogP contribution in [-0.2, 0) is 6.54 Å². The molecule has 3 aromatic rings. The van der Waals surface area contributed by atoms with Gasteiger partial charge in [0.15, 0.2) is 11.5 Å². The second-order valence-electron chi connectivity index (χ2n) is 5.55. The van der Waals surface area contributed by atoms with E-state index in [9.17, 15) is 4.79 Å². The van der Waals surface area contributed by atoms with Crippen LogP contribution in [0.4, 0.5) is 5.69 Å². The molecule has 0 radical (unpaired) electrons. The van der Waals surface area contributed by atoms with Gasteiger partial charge >= 0.3 is 0 Å². The van der Waals surface area contributed by atoms with E-state index in [0.717, 1.165) is 5.56 Å². The van der Waals surface area contributed by atoms with Gasteiger partial charge in [-0.2, -0.15) is 5.10 Å². The lowest BCUT2D eigenvalue weighted by atomic mass is 10.1. The first kappa shape index (κ1) is 15.5. The molecule has 0 aliphatic carbocycles. The molecule has 1 aliphatic heterocycles. The summed E-state index contributed by atoms with van der Waals surface area (Å²) in [5, 5.41) is 7.41. The van der Waals surface area contributed by atoms with Gasteiger partial charge in [-0.1, -0.05) is 23.7 Å². The summed E-state index contributed by atoms with van der Waals surface area (Å²) in [4.78, 5) is 12.5. The van der Waals surface area contributed by atoms with E-state index in [4.69, 9.17) is 21.1 Å². The number of fused-ring (bicyclic) bond motifs is 1. The van der Waals surface area contributed by atoms with E-state index in [-0.39, 0.29) is 12.7 Å². The van der Waals surface area contributed by atoms with Crippen molar-refractivity contribution in [3.8, 4) is 11.5 Å². The lowest BCUT2D eigenvalue weighted by Crippen LogP contribution is -2.12. The molecule has 7 heteroatoms. The van der Waals surface area contributed by atoms with Crippen LogP contribution in [0.1, 0.15) is 15.9 Å². The average Bonchev–Trinajstić information content (AvgIpc) is 3.26. The van der Waals surface area contributed by atoms with Gasteiger partial charge in [-0.3, -0.25) is 9.48 Å². The predicted octanol–water partition coefficient (Wildman–Crippen LogP) is 3.57. The highest BCUT2D eigenvalue weighted by Gasteiger charge is 2.20. The molecule has 0 saturated carbocycles. The van der Waals surface area contributed by atoms with Crippen LogP contribution < -0.4 is 14.8 Å². The Hall–Kier alpha value is -2.99. The quantitative estimate of drug-likeness (QED) is 0.777. The first-order valence-corrected chi connectivity index (χ1v) is 8.04. The van der Waals surface area contributed by atoms with E-state index in [2.05, 4.69) is 10.4 Å². The maximum absolute atomic E-state index is 12.5. The zero-order chi connectivity index (χ0) is 17.2. The minimum atomic E-state index is -0.267. The normalized spacial score (nSPS) is 12.2. The smallest absolute Gasteiger partial charge is 0.255 e. The van der Waals surface area contributed by atoms with E-state index in [1.807, 2.05) is 41.2 Å². The second-order valence-corrected chi connectivity index (χ2v) is 5.96. The van der Waals surface area contributed by atoms with E-state index >= 15 is 0 Å². The molecule has 0 spiro atoms. The minimum Gasteiger partial charge on any atom is -0.454 e. The maximum Gasteiger partial charge on any atom is 0.255 e. The van der Waals surface area contributed by atoms with Crippen LogP contribution in [0, 0.1) is 0 Å². The first-order valence-electron chi connectivity index (χ1n) is 7.66. The van der Waals surface area contributed by atoms with Crippen LogP contribution >= 0.6 is 11.6 Å². The van der Waals surface area contributed by atoms with Crippen molar-refractivity contribution in [1.82, 2.24) is 9.78 Å². The first-order chi connectivity index (χ1) is 12.2. The topological polar surface area (TPSA) is 65.4 Å². The van der Waals surface area contributed by atoms with Gasteiger partial charge in [0.05, 0.1) is 11.6 Å². The molecule has 2 heterocycles. The minimum absolute atomic E-state index is 0.107. The summed E-state index contributed by atoms with van der Waals surface area (Å²) in [5.74, 6) is 0.681. The highest BCUT2D eigenvalue weighted by molar-refractivity contribution is 6.32. The van der Waals surface area contributed by atoms with Gasteiger partial charge in [0.25, 0.3) is 5.91 Å². The zero-order valence-corrected chi connectivity index (χ0v) is 13.9. The lowest BCUT2D eigenvalue weighted by Gasteiger charge is -2.09. The summed E-state index contributed by atoms with van der Waals surface area (Å²) < 4.78 is 12.4. The number of rotatable bonds is 4. The second kappa shape index (κ2) is 6.49. The van der Waals surface area contributed by atoms with E-state index in [0.29, 0.717) is 34.3 Å². The third-order valence-corrected chi connectivity index (χ3v) is 4.06. The summed E-state index contributed by atoms with van der Waals surface area (Å²) in [6.45, 7) is 0.738. The molecule has 25 heavy (non-hydrogen) atoms. The van der Waals surface area contributed by atoms with Crippen molar-refractivity contribution >= 4 is 23.2 Å². The largest absolute Gasteiger partial charge is 0.454 e. The Kier molecular flexibility index (Phi) is 4.03. The molecule has 1 aliphatic rings. The number of aromatic nitrogens is 2. The van der Waals surface area contributed by atoms with Crippen molar-refractivity contribution in [2.45, 2.75) is 6.54 Å². The number of ether oxygens (including phenoxy) is 2. The molecule has 2 aromatic carbocycles. The van der Waals surface area contributed by atoms with Gasteiger partial charge in [0.1, 0.15) is 0 Å². The van der Waals surface area contributed by atoms with Gasteiger partial charge in [0, 0.05) is 23.6 Å². The molecule has 0 atom stereocenters. The number of amides is 1. The molecule has 0 bridgehead atoms. The predicted molar refractivity (Wildman–Crippen MR) is 93.3 cm³/mol. The summed E-state index contributed by atoms with van der Waals surface area (Å²) in [5.41, 5.74) is 2.14. The molecule has 1 aromatic heterocycles. The Morgan fingerprint density at radius 3 is 3.00 bits per heavy atom. The summed E-state index contributed by atoms with van der Waals surface area (Å²) in [6.07, 6.45) is 3.62. The van der Waals surface area contributed by atoms with Gasteiger partial charge in [-0.05, 0) is 35.9 Å². The van der Waals surface area contributed by atoms with Gasteiger partial charge in [-0.25, -0.2) is 0 Å². The van der Waals surface area contributed by atoms with Crippen molar-refractivity contribution < 1.29 is 14.3 Å². The SMILES string of the molecule is O=C(Nc1cccc(Cn2cccn2)c1)c1cc(Cl)c2c(c1)OCO2. The lowest BCUT2D eigenvalue weighted by molar-refractivity contribution is 0.102. The Morgan fingerprint density at radius 1 is 1.24 bits per heavy atom. The molecule has 6 nitrogen and oxygen atoms in total. The van der Waals surface area contributed by atoms with Crippen LogP contribution in [-0.4, -0.2) is 22.5 Å². The average molecular weight is 356 g/mol. The molecule has 0 saturated heterocycles. The van der Waals surface area contributed by atoms with Crippen molar-refractivity contribution in [2.24, 2.45) is 0 Å². The van der Waals surface area contributed by atoms with Crippen LogP contribution in [0.15, 0.2) is 54.9 Å². The number of nitrogens with zero attached hydrogens (tertiary/aromatic N) is 2. The summed E-state index contributed by atoms with van der Waals surface area (Å²) in [6, 6.07) is 12.7. The molecule has 1 amide bonds. The van der Waals surface area contributed by atoms with E-state index < -0.39 is 0 Å². The maximum atomic E-state index is 12.5. The number of hydrogen-bond donors (Lipinski definition) is 1. The molecule has 126 valence electrons. The number of hydrogen-bond acceptors (Lipinski definition) is 4. The van der Waals surface area contributed by atoms with Crippen LogP contribution in [0.25, 0.3) is 0 Å². The number of nitrogens with one attached hydrogen (secondary N) is 1. The third kappa shape index (κ3) is 3.29. The monoisotopic (exact) mass is 355 g/mol. The van der Waals surface area contributed by atoms with Crippen LogP contribution in [0.2, 0.25) is 5.02 Å². The van der Waals surface area contributed by atoms with Gasteiger partial charge in [-0.15, -0.1) is 0 Å². The van der Waals surface area contributed by atoms with Crippen LogP contribution in [0.3, 0.4) is 0 Å². The zero-order valence-electron chi connectivity index (χ0n) is 13.1. The van der Waals surface area contributed by atoms with Crippen LogP contribution in [0.5, 0.6) is 11.5 Å². The fourth-order valence-electron chi connectivity index (χ4n) is 2.63.